The van der Waals surface area contributed by atoms with Gasteiger partial charge in [-0.1, -0.05) is 48.6 Å². The van der Waals surface area contributed by atoms with Crippen LogP contribution >= 0.6 is 22.6 Å². The zero-order chi connectivity index (χ0) is 33.1. The van der Waals surface area contributed by atoms with Crippen LogP contribution in [0.4, 0.5) is 0 Å². The number of methoxy groups -OCH3 is 3. The number of rotatable bonds is 8. The first-order valence-corrected chi connectivity index (χ1v) is 18.6. The average Bonchev–Trinajstić information content (AvgIpc) is 3.44. The first kappa shape index (κ1) is 34.1. The van der Waals surface area contributed by atoms with Crippen LogP contribution in [0.5, 0.6) is 17.2 Å². The Kier molecular flexibility index (Phi) is 9.36. The van der Waals surface area contributed by atoms with Crippen molar-refractivity contribution < 1.29 is 28.8 Å². The van der Waals surface area contributed by atoms with E-state index in [1.54, 1.807) is 27.4 Å². The van der Waals surface area contributed by atoms with Crippen molar-refractivity contribution in [3.63, 3.8) is 0 Å². The van der Waals surface area contributed by atoms with Crippen LogP contribution in [0.2, 0.25) is 0 Å². The van der Waals surface area contributed by atoms with Crippen LogP contribution in [0.1, 0.15) is 97.0 Å². The molecule has 0 amide bonds. The van der Waals surface area contributed by atoms with Gasteiger partial charge in [-0.15, -0.1) is 0 Å². The number of benzene rings is 1. The Labute approximate surface area is 290 Å². The number of aliphatic hydroxyl groups excluding tert-OH is 1. The van der Waals surface area contributed by atoms with Gasteiger partial charge in [0.05, 0.1) is 34.0 Å². The lowest BCUT2D eigenvalue weighted by molar-refractivity contribution is -0.178. The number of ether oxygens (including phenoxy) is 4. The lowest BCUT2D eigenvalue weighted by Crippen LogP contribution is -2.65. The smallest absolute Gasteiger partial charge is 0.330 e. The number of aliphatic hydroxyl groups is 1. The molecule has 6 rings (SSSR count). The Bertz CT molecular complexity index is 1350. The average molecular weight is 747 g/mol. The molecule has 1 N–H and O–H groups in total. The molecule has 46 heavy (non-hydrogen) atoms. The molecule has 1 aromatic carbocycles. The van der Waals surface area contributed by atoms with Crippen molar-refractivity contribution in [2.24, 2.45) is 45.8 Å². The maximum Gasteiger partial charge on any atom is 0.330 e. The third-order valence-corrected chi connectivity index (χ3v) is 16.0. The van der Waals surface area contributed by atoms with Crippen molar-refractivity contribution >= 4 is 34.6 Å². The molecule has 254 valence electrons. The highest BCUT2D eigenvalue weighted by molar-refractivity contribution is 14.1. The summed E-state index contributed by atoms with van der Waals surface area (Å²) in [5, 5.41) is 10.5. The van der Waals surface area contributed by atoms with Crippen LogP contribution in [0.15, 0.2) is 30.4 Å². The number of carbonyl (C=O) groups excluding carboxylic acids is 1. The van der Waals surface area contributed by atoms with Crippen molar-refractivity contribution in [1.82, 2.24) is 0 Å². The number of hydrogen-bond donors (Lipinski definition) is 1. The molecule has 0 heterocycles. The summed E-state index contributed by atoms with van der Waals surface area (Å²) in [5.74, 6) is 4.24. The van der Waals surface area contributed by atoms with Gasteiger partial charge in [-0.25, -0.2) is 4.79 Å². The Hall–Kier alpha value is -1.74. The molecule has 7 heteroatoms. The Morgan fingerprint density at radius 1 is 0.935 bits per heavy atom. The van der Waals surface area contributed by atoms with Gasteiger partial charge in [-0.2, -0.15) is 0 Å². The summed E-state index contributed by atoms with van der Waals surface area (Å²) in [6.07, 6.45) is 15.9. The topological polar surface area (TPSA) is 74.2 Å². The maximum absolute atomic E-state index is 13.3. The van der Waals surface area contributed by atoms with Crippen molar-refractivity contribution in [3.8, 4) is 17.2 Å². The van der Waals surface area contributed by atoms with Crippen molar-refractivity contribution in [1.29, 1.82) is 0 Å². The van der Waals surface area contributed by atoms with Crippen LogP contribution in [0.3, 0.4) is 0 Å². The summed E-state index contributed by atoms with van der Waals surface area (Å²) in [6, 6.07) is 3.66. The molecule has 6 nitrogen and oxygen atoms in total. The number of hydrogen-bond acceptors (Lipinski definition) is 6. The summed E-state index contributed by atoms with van der Waals surface area (Å²) < 4.78 is 22.8. The van der Waals surface area contributed by atoms with E-state index in [1.807, 2.05) is 12.1 Å². The van der Waals surface area contributed by atoms with E-state index in [1.165, 1.54) is 50.2 Å². The quantitative estimate of drug-likeness (QED) is 0.0943. The molecular weight excluding hydrogens is 691 g/mol. The number of carbonyl (C=O) groups is 1. The molecular formula is C39H55IO6. The van der Waals surface area contributed by atoms with Gasteiger partial charge >= 0.3 is 5.97 Å². The van der Waals surface area contributed by atoms with Gasteiger partial charge in [-0.3, -0.25) is 0 Å². The van der Waals surface area contributed by atoms with Gasteiger partial charge < -0.3 is 24.1 Å². The molecule has 0 bridgehead atoms. The Morgan fingerprint density at radius 2 is 1.59 bits per heavy atom. The fourth-order valence-corrected chi connectivity index (χ4v) is 14.4. The van der Waals surface area contributed by atoms with E-state index < -0.39 is 0 Å². The summed E-state index contributed by atoms with van der Waals surface area (Å²) in [4.78, 5) is 13.3. The lowest BCUT2D eigenvalue weighted by Gasteiger charge is -2.69. The van der Waals surface area contributed by atoms with E-state index in [2.05, 4.69) is 49.9 Å². The van der Waals surface area contributed by atoms with Crippen LogP contribution in [0, 0.1) is 45.8 Å². The standard InChI is InChI=1S/C39H55IO6/c1-24(2)28-12-17-38(23-46-33(42)9-8-25-20-29(43-5)34(45-7)30(21-25)44-6)18-13-32-37(4)15-10-26-22-27(41)11-16-36(26,3)31(37)14-19-39(32,40)35(28)38/h8-9,20-21,26-28,31-32,35,41H,1,10-19,22-23H2,2-7H3/b9-8+/t26?,27?,28-,31?,32?,35-,36?,37?,38?,39?/m0/s1. The molecule has 0 aliphatic heterocycles. The molecule has 10 atom stereocenters. The Morgan fingerprint density at radius 3 is 2.24 bits per heavy atom. The SMILES string of the molecule is C=C(C)[C@@H]1CCC2(COC(=O)/C=C/c3cc(OC)c(OC)c(OC)c3)CCC3C4(C)CCC5CC(O)CCC5(C)C4CCC3(I)[C@@H]12. The van der Waals surface area contributed by atoms with E-state index in [0.29, 0.717) is 58.4 Å². The van der Waals surface area contributed by atoms with E-state index in [4.69, 9.17) is 18.9 Å². The maximum atomic E-state index is 13.3. The molecule has 0 aromatic heterocycles. The molecule has 5 saturated carbocycles. The van der Waals surface area contributed by atoms with Gasteiger partial charge in [0, 0.05) is 14.9 Å². The number of esters is 1. The number of fused-ring (bicyclic) bond motifs is 7. The molecule has 0 radical (unpaired) electrons. The second-order valence-corrected chi connectivity index (χ2v) is 18.0. The van der Waals surface area contributed by atoms with Crippen LogP contribution in [0.25, 0.3) is 6.08 Å². The van der Waals surface area contributed by atoms with E-state index in [-0.39, 0.29) is 20.9 Å². The summed E-state index contributed by atoms with van der Waals surface area (Å²) >= 11 is 2.93. The third-order valence-electron chi connectivity index (χ3n) is 14.0. The highest BCUT2D eigenvalue weighted by atomic mass is 127. The fourth-order valence-electron chi connectivity index (χ4n) is 12.0. The molecule has 5 fully saturated rings. The molecule has 0 spiro atoms. The largest absolute Gasteiger partial charge is 0.493 e. The number of allylic oxidation sites excluding steroid dienone is 1. The molecule has 8 unspecified atom stereocenters. The van der Waals surface area contributed by atoms with Gasteiger partial charge in [0.2, 0.25) is 5.75 Å². The predicted molar refractivity (Wildman–Crippen MR) is 191 cm³/mol. The van der Waals surface area contributed by atoms with E-state index in [0.717, 1.165) is 43.6 Å². The molecule has 1 aromatic rings. The molecule has 0 saturated heterocycles. The van der Waals surface area contributed by atoms with Gasteiger partial charge in [0.15, 0.2) is 11.5 Å². The van der Waals surface area contributed by atoms with E-state index >= 15 is 0 Å². The molecule has 5 aliphatic carbocycles. The zero-order valence-electron chi connectivity index (χ0n) is 28.8. The minimum absolute atomic E-state index is 0.0173. The second-order valence-electron chi connectivity index (χ2n) is 16.0. The van der Waals surface area contributed by atoms with E-state index in [9.17, 15) is 9.90 Å². The van der Waals surface area contributed by atoms with Crippen LogP contribution in [-0.2, 0) is 9.53 Å². The molecule has 5 aliphatic rings. The summed E-state index contributed by atoms with van der Waals surface area (Å²) in [7, 11) is 4.75. The lowest BCUT2D eigenvalue weighted by atomic mass is 9.38. The summed E-state index contributed by atoms with van der Waals surface area (Å²) in [6.45, 7) is 12.4. The van der Waals surface area contributed by atoms with Gasteiger partial charge in [0.1, 0.15) is 0 Å². The predicted octanol–water partition coefficient (Wildman–Crippen LogP) is 8.82. The normalized spacial score (nSPS) is 41.5. The number of halogens is 1. The highest BCUT2D eigenvalue weighted by Crippen LogP contribution is 2.75. The first-order chi connectivity index (χ1) is 21.8. The Balaban J connectivity index is 1.23. The van der Waals surface area contributed by atoms with Crippen molar-refractivity contribution in [2.75, 3.05) is 27.9 Å². The zero-order valence-corrected chi connectivity index (χ0v) is 31.0. The first-order valence-electron chi connectivity index (χ1n) is 17.5. The summed E-state index contributed by atoms with van der Waals surface area (Å²) in [5.41, 5.74) is 2.69. The minimum Gasteiger partial charge on any atom is -0.493 e. The minimum atomic E-state index is -0.313. The highest BCUT2D eigenvalue weighted by Gasteiger charge is 2.70. The number of alkyl halides is 1. The van der Waals surface area contributed by atoms with Crippen LogP contribution < -0.4 is 14.2 Å². The third kappa shape index (κ3) is 5.42. The van der Waals surface area contributed by atoms with Gasteiger partial charge in [0.25, 0.3) is 0 Å². The van der Waals surface area contributed by atoms with Gasteiger partial charge in [-0.05, 0) is 142 Å². The monoisotopic (exact) mass is 746 g/mol. The van der Waals surface area contributed by atoms with Crippen LogP contribution in [-0.4, -0.2) is 48.5 Å². The van der Waals surface area contributed by atoms with Crippen molar-refractivity contribution in [2.45, 2.75) is 101 Å². The second kappa shape index (κ2) is 12.6. The van der Waals surface area contributed by atoms with Crippen molar-refractivity contribution in [3.05, 3.63) is 35.9 Å². The fraction of sp³-hybridized carbons (Fsp3) is 0.718.